The van der Waals surface area contributed by atoms with Crippen molar-refractivity contribution in [1.82, 2.24) is 0 Å². The first-order chi connectivity index (χ1) is 15.2. The van der Waals surface area contributed by atoms with E-state index in [4.69, 9.17) is 0 Å². The average molecular weight is 448 g/mol. The summed E-state index contributed by atoms with van der Waals surface area (Å²) in [6.45, 7) is 15.8. The van der Waals surface area contributed by atoms with Crippen LogP contribution in [0.1, 0.15) is 93.4 Å². The molecule has 178 valence electrons. The molecule has 7 unspecified atom stereocenters. The van der Waals surface area contributed by atoms with Gasteiger partial charge in [-0.15, -0.1) is 0 Å². The van der Waals surface area contributed by atoms with Gasteiger partial charge in [0.25, 0.3) is 0 Å². The van der Waals surface area contributed by atoms with Crippen molar-refractivity contribution in [3.05, 3.63) is 23.3 Å². The first kappa shape index (κ1) is 23.1. The van der Waals surface area contributed by atoms with Gasteiger partial charge in [-0.05, 0) is 85.0 Å². The number of allylic oxidation sites excluding steroid dienone is 4. The van der Waals surface area contributed by atoms with Gasteiger partial charge in [-0.2, -0.15) is 5.26 Å². The van der Waals surface area contributed by atoms with Gasteiger partial charge in [0.2, 0.25) is 0 Å². The highest BCUT2D eigenvalue weighted by atomic mass is 16.1. The second-order valence-corrected chi connectivity index (χ2v) is 14.2. The van der Waals surface area contributed by atoms with E-state index in [2.05, 4.69) is 40.7 Å². The molecule has 5 aliphatic carbocycles. The van der Waals surface area contributed by atoms with Crippen molar-refractivity contribution in [2.24, 2.45) is 50.7 Å². The number of nitriles is 1. The normalized spacial score (nSPS) is 47.7. The number of nitrogens with zero attached hydrogens (tertiary/aromatic N) is 1. The van der Waals surface area contributed by atoms with E-state index < -0.39 is 10.8 Å². The number of hydrogen-bond acceptors (Lipinski definition) is 3. The van der Waals surface area contributed by atoms with Gasteiger partial charge in [-0.1, -0.05) is 60.1 Å². The van der Waals surface area contributed by atoms with Crippen LogP contribution >= 0.6 is 0 Å². The molecule has 0 amide bonds. The van der Waals surface area contributed by atoms with Gasteiger partial charge in [0, 0.05) is 16.7 Å². The smallest absolute Gasteiger partial charge is 0.178 e. The third-order valence-electron chi connectivity index (χ3n) is 11.7. The van der Waals surface area contributed by atoms with Gasteiger partial charge < -0.3 is 0 Å². The predicted molar refractivity (Wildman–Crippen MR) is 130 cm³/mol. The largest absolute Gasteiger partial charge is 0.295 e. The molecule has 0 radical (unpaired) electrons. The number of carbonyl (C=O) groups excluding carboxylic acids is 2. The second kappa shape index (κ2) is 6.71. The minimum atomic E-state index is -0.595. The Morgan fingerprint density at radius 1 is 0.939 bits per heavy atom. The van der Waals surface area contributed by atoms with Crippen LogP contribution < -0.4 is 0 Å². The summed E-state index contributed by atoms with van der Waals surface area (Å²) in [4.78, 5) is 27.2. The molecule has 0 aliphatic heterocycles. The maximum absolute atomic E-state index is 14.1. The number of rotatable bonds is 0. The van der Waals surface area contributed by atoms with Crippen molar-refractivity contribution in [3.8, 4) is 6.07 Å². The molecule has 0 saturated heterocycles. The molecule has 0 bridgehead atoms. The van der Waals surface area contributed by atoms with E-state index in [0.29, 0.717) is 23.0 Å². The predicted octanol–water partition coefficient (Wildman–Crippen LogP) is 6.84. The highest BCUT2D eigenvalue weighted by Gasteiger charge is 2.67. The van der Waals surface area contributed by atoms with Crippen LogP contribution in [-0.2, 0) is 9.59 Å². The molecule has 3 saturated carbocycles. The fourth-order valence-corrected chi connectivity index (χ4v) is 9.74. The van der Waals surface area contributed by atoms with Crippen LogP contribution in [0.2, 0.25) is 0 Å². The molecule has 0 aromatic heterocycles. The summed E-state index contributed by atoms with van der Waals surface area (Å²) in [6.07, 6.45) is 12.0. The summed E-state index contributed by atoms with van der Waals surface area (Å²) >= 11 is 0. The van der Waals surface area contributed by atoms with Crippen LogP contribution in [0.3, 0.4) is 0 Å². The highest BCUT2D eigenvalue weighted by molar-refractivity contribution is 6.04. The van der Waals surface area contributed by atoms with Crippen LogP contribution in [0.15, 0.2) is 23.3 Å². The van der Waals surface area contributed by atoms with E-state index in [-0.39, 0.29) is 34.0 Å². The van der Waals surface area contributed by atoms with Crippen molar-refractivity contribution < 1.29 is 9.59 Å². The molecule has 7 atom stereocenters. The van der Waals surface area contributed by atoms with Gasteiger partial charge in [-0.25, -0.2) is 0 Å². The molecule has 0 N–H and O–H groups in total. The first-order valence-electron chi connectivity index (χ1n) is 13.2. The Kier molecular flexibility index (Phi) is 4.69. The molecule has 0 spiro atoms. The topological polar surface area (TPSA) is 57.9 Å². The molecular weight excluding hydrogens is 406 g/mol. The zero-order valence-corrected chi connectivity index (χ0v) is 21.7. The molecule has 5 aliphatic rings. The third kappa shape index (κ3) is 2.79. The van der Waals surface area contributed by atoms with Crippen LogP contribution in [0.4, 0.5) is 0 Å². The second-order valence-electron chi connectivity index (χ2n) is 14.2. The Morgan fingerprint density at radius 3 is 2.27 bits per heavy atom. The van der Waals surface area contributed by atoms with Gasteiger partial charge in [0.1, 0.15) is 6.07 Å². The quantitative estimate of drug-likeness (QED) is 0.408. The lowest BCUT2D eigenvalue weighted by Gasteiger charge is -2.67. The fourth-order valence-electron chi connectivity index (χ4n) is 9.74. The average Bonchev–Trinajstić information content (AvgIpc) is 2.72. The zero-order valence-electron chi connectivity index (χ0n) is 21.7. The van der Waals surface area contributed by atoms with E-state index in [1.807, 2.05) is 26.0 Å². The lowest BCUT2D eigenvalue weighted by atomic mass is 9.36. The van der Waals surface area contributed by atoms with Gasteiger partial charge in [0.15, 0.2) is 11.6 Å². The number of Topliss-reactive ketones (excluding diaryl/α,β-unsaturated/α-hetero) is 1. The summed E-state index contributed by atoms with van der Waals surface area (Å²) in [5, 5.41) is 9.80. The minimum Gasteiger partial charge on any atom is -0.295 e. The Hall–Kier alpha value is -1.69. The van der Waals surface area contributed by atoms with Gasteiger partial charge in [-0.3, -0.25) is 9.59 Å². The standard InChI is InChI=1S/C30H41NO2/c1-26(2)11-8-18-9-12-30(7)24(20(18)16-26)21(32)14-23-28(5)15-19(17-31)25(33)27(3,4)22(28)10-13-29(23,30)6/h14-15,18,20,22,24H,8-13,16H2,1-7H3. The van der Waals surface area contributed by atoms with E-state index in [0.717, 1.165) is 25.7 Å². The SMILES string of the molecule is CC1(C)CCC2CCC3(C)C(C(=O)C=C4C5(C)C=C(C#N)C(=O)C(C)(C)C5CCC43C)C2C1. The molecule has 33 heavy (non-hydrogen) atoms. The Balaban J connectivity index is 1.68. The maximum Gasteiger partial charge on any atom is 0.178 e. The van der Waals surface area contributed by atoms with Crippen LogP contribution in [0.5, 0.6) is 0 Å². The molecule has 0 aromatic carbocycles. The van der Waals surface area contributed by atoms with Crippen molar-refractivity contribution >= 4 is 11.6 Å². The maximum atomic E-state index is 14.1. The zero-order chi connectivity index (χ0) is 24.2. The highest BCUT2D eigenvalue weighted by Crippen LogP contribution is 2.72. The lowest BCUT2D eigenvalue weighted by molar-refractivity contribution is -0.155. The monoisotopic (exact) mass is 447 g/mol. The summed E-state index contributed by atoms with van der Waals surface area (Å²) in [6, 6.07) is 2.20. The Bertz CT molecular complexity index is 1040. The van der Waals surface area contributed by atoms with E-state index in [1.165, 1.54) is 24.8 Å². The summed E-state index contributed by atoms with van der Waals surface area (Å²) in [5.74, 6) is 1.67. The van der Waals surface area contributed by atoms with E-state index in [1.54, 1.807) is 0 Å². The molecule has 3 nitrogen and oxygen atoms in total. The minimum absolute atomic E-state index is 0.0344. The van der Waals surface area contributed by atoms with Crippen LogP contribution in [0.25, 0.3) is 0 Å². The fraction of sp³-hybridized carbons (Fsp3) is 0.767. The molecule has 3 heteroatoms. The van der Waals surface area contributed by atoms with Gasteiger partial charge >= 0.3 is 0 Å². The molecular formula is C30H41NO2. The van der Waals surface area contributed by atoms with Crippen molar-refractivity contribution in [2.45, 2.75) is 93.4 Å². The number of fused-ring (bicyclic) bond motifs is 7. The molecule has 5 rings (SSSR count). The van der Waals surface area contributed by atoms with E-state index >= 15 is 0 Å². The van der Waals surface area contributed by atoms with Crippen LogP contribution in [-0.4, -0.2) is 11.6 Å². The van der Waals surface area contributed by atoms with E-state index in [9.17, 15) is 14.9 Å². The number of carbonyl (C=O) groups is 2. The summed E-state index contributed by atoms with van der Waals surface area (Å²) in [7, 11) is 0. The Labute approximate surface area is 200 Å². The van der Waals surface area contributed by atoms with Crippen molar-refractivity contribution in [2.75, 3.05) is 0 Å². The lowest BCUT2D eigenvalue weighted by Crippen LogP contribution is -2.63. The summed E-state index contributed by atoms with van der Waals surface area (Å²) in [5.41, 5.74) is 0.620. The number of hydrogen-bond donors (Lipinski definition) is 0. The van der Waals surface area contributed by atoms with Crippen molar-refractivity contribution in [1.29, 1.82) is 5.26 Å². The Morgan fingerprint density at radius 2 is 1.61 bits per heavy atom. The molecule has 0 heterocycles. The van der Waals surface area contributed by atoms with Crippen molar-refractivity contribution in [3.63, 3.8) is 0 Å². The molecule has 3 fully saturated rings. The first-order valence-corrected chi connectivity index (χ1v) is 13.2. The third-order valence-corrected chi connectivity index (χ3v) is 11.7. The summed E-state index contributed by atoms with van der Waals surface area (Å²) < 4.78 is 0. The number of ketones is 2. The van der Waals surface area contributed by atoms with Gasteiger partial charge in [0.05, 0.1) is 5.57 Å². The van der Waals surface area contributed by atoms with Crippen LogP contribution in [0, 0.1) is 62.1 Å². The molecule has 0 aromatic rings.